The van der Waals surface area contributed by atoms with Gasteiger partial charge in [0.05, 0.1) is 17.2 Å². The van der Waals surface area contributed by atoms with E-state index in [0.29, 0.717) is 18.3 Å². The lowest BCUT2D eigenvalue weighted by Crippen LogP contribution is -2.13. The number of halogens is 1. The minimum atomic E-state index is -0.370. The number of nitrogens with zero attached hydrogens (tertiary/aromatic N) is 3. The van der Waals surface area contributed by atoms with Crippen molar-refractivity contribution in [3.8, 4) is 0 Å². The molecule has 5 N–H and O–H groups in total. The lowest BCUT2D eigenvalue weighted by molar-refractivity contribution is -0.117. The molecule has 3 aromatic rings. The van der Waals surface area contributed by atoms with Crippen LogP contribution in [0.15, 0.2) is 47.5 Å². The Labute approximate surface area is 158 Å². The molecular formula is C17H18BrN7O. The number of nitrogens with one attached hydrogen (secondary N) is 3. The Kier molecular flexibility index (Phi) is 5.80. The van der Waals surface area contributed by atoms with Crippen LogP contribution in [0.2, 0.25) is 0 Å². The van der Waals surface area contributed by atoms with Gasteiger partial charge in [0, 0.05) is 36.7 Å². The van der Waals surface area contributed by atoms with Crippen molar-refractivity contribution in [1.29, 1.82) is 0 Å². The summed E-state index contributed by atoms with van der Waals surface area (Å²) in [4.78, 5) is 26.9. The summed E-state index contributed by atoms with van der Waals surface area (Å²) in [6, 6.07) is 7.42. The largest absolute Gasteiger partial charge is 0.369 e. The molecule has 3 rings (SSSR count). The maximum Gasteiger partial charge on any atom is 0.229 e. The number of nitrogens with two attached hydrogens (primary N) is 1. The fourth-order valence-corrected chi connectivity index (χ4v) is 2.71. The van der Waals surface area contributed by atoms with Crippen molar-refractivity contribution in [1.82, 2.24) is 19.9 Å². The molecule has 9 heteroatoms. The van der Waals surface area contributed by atoms with Crippen LogP contribution in [0.1, 0.15) is 11.3 Å². The van der Waals surface area contributed by atoms with Gasteiger partial charge in [0.2, 0.25) is 11.9 Å². The Morgan fingerprint density at radius 1 is 1.31 bits per heavy atom. The van der Waals surface area contributed by atoms with Crippen LogP contribution < -0.4 is 16.4 Å². The third kappa shape index (κ3) is 5.03. The smallest absolute Gasteiger partial charge is 0.229 e. The zero-order valence-electron chi connectivity index (χ0n) is 13.9. The van der Waals surface area contributed by atoms with Crippen LogP contribution in [0, 0.1) is 0 Å². The average molecular weight is 416 g/mol. The summed E-state index contributed by atoms with van der Waals surface area (Å²) in [5.74, 6) is 0.773. The van der Waals surface area contributed by atoms with Crippen molar-refractivity contribution >= 4 is 39.3 Å². The second kappa shape index (κ2) is 8.43. The first-order valence-electron chi connectivity index (χ1n) is 7.98. The third-order valence-corrected chi connectivity index (χ3v) is 4.13. The molecule has 0 saturated heterocycles. The highest BCUT2D eigenvalue weighted by molar-refractivity contribution is 9.10. The lowest BCUT2D eigenvalue weighted by atomic mass is 10.1. The predicted octanol–water partition coefficient (Wildman–Crippen LogP) is 2.39. The van der Waals surface area contributed by atoms with Crippen LogP contribution in [0.25, 0.3) is 0 Å². The highest BCUT2D eigenvalue weighted by atomic mass is 79.9. The van der Waals surface area contributed by atoms with Crippen LogP contribution in [0.5, 0.6) is 0 Å². The minimum Gasteiger partial charge on any atom is -0.369 e. The molecule has 1 amide bonds. The van der Waals surface area contributed by atoms with Crippen LogP contribution in [0.3, 0.4) is 0 Å². The van der Waals surface area contributed by atoms with Gasteiger partial charge >= 0.3 is 0 Å². The van der Waals surface area contributed by atoms with E-state index < -0.39 is 0 Å². The Morgan fingerprint density at radius 3 is 2.96 bits per heavy atom. The average Bonchev–Trinajstić information content (AvgIpc) is 3.11. The van der Waals surface area contributed by atoms with E-state index in [4.69, 9.17) is 5.73 Å². The zero-order chi connectivity index (χ0) is 18.4. The van der Waals surface area contributed by atoms with E-state index in [0.717, 1.165) is 27.8 Å². The van der Waals surface area contributed by atoms with E-state index in [2.05, 4.69) is 46.5 Å². The number of primary amides is 1. The minimum absolute atomic E-state index is 0.192. The number of carbonyl (C=O) groups is 1. The fraction of sp³-hybridized carbons (Fsp3) is 0.176. The van der Waals surface area contributed by atoms with Gasteiger partial charge in [-0.3, -0.25) is 4.79 Å². The molecule has 0 aliphatic heterocycles. The Bertz CT molecular complexity index is 883. The number of carbonyl (C=O) groups excluding carboxylic acids is 1. The number of hydrogen-bond acceptors (Lipinski definition) is 6. The van der Waals surface area contributed by atoms with E-state index in [1.54, 1.807) is 18.7 Å². The van der Waals surface area contributed by atoms with Gasteiger partial charge in [-0.1, -0.05) is 12.1 Å². The number of hydrogen-bond donors (Lipinski definition) is 4. The molecule has 0 saturated carbocycles. The molecular weight excluding hydrogens is 398 g/mol. The molecule has 2 heterocycles. The molecule has 0 fully saturated rings. The summed E-state index contributed by atoms with van der Waals surface area (Å²) in [5.41, 5.74) is 7.91. The predicted molar refractivity (Wildman–Crippen MR) is 103 cm³/mol. The van der Waals surface area contributed by atoms with E-state index in [-0.39, 0.29) is 12.3 Å². The van der Waals surface area contributed by atoms with Crippen LogP contribution in [-0.4, -0.2) is 32.4 Å². The molecule has 134 valence electrons. The molecule has 0 aliphatic carbocycles. The maximum atomic E-state index is 11.1. The number of imidazole rings is 1. The first kappa shape index (κ1) is 17.9. The normalized spacial score (nSPS) is 10.5. The van der Waals surface area contributed by atoms with Crippen LogP contribution >= 0.6 is 15.9 Å². The van der Waals surface area contributed by atoms with Gasteiger partial charge in [-0.2, -0.15) is 4.98 Å². The summed E-state index contributed by atoms with van der Waals surface area (Å²) in [6.07, 6.45) is 6.12. The summed E-state index contributed by atoms with van der Waals surface area (Å²) in [7, 11) is 0. The van der Waals surface area contributed by atoms with E-state index in [1.165, 1.54) is 0 Å². The maximum absolute atomic E-state index is 11.1. The lowest BCUT2D eigenvalue weighted by Gasteiger charge is -2.10. The number of aromatic nitrogens is 4. The third-order valence-electron chi connectivity index (χ3n) is 3.55. The summed E-state index contributed by atoms with van der Waals surface area (Å²) >= 11 is 3.45. The van der Waals surface area contributed by atoms with E-state index >= 15 is 0 Å². The second-order valence-electron chi connectivity index (χ2n) is 5.61. The second-order valence-corrected chi connectivity index (χ2v) is 6.47. The van der Waals surface area contributed by atoms with Crippen molar-refractivity contribution in [3.63, 3.8) is 0 Å². The molecule has 0 atom stereocenters. The number of rotatable bonds is 8. The standard InChI is InChI=1S/C17H18BrN7O/c18-14-9-22-17(24-12-3-1-2-11(6-12)7-15(19)26)25-16(14)21-5-4-13-8-20-10-23-13/h1-3,6,8-10H,4-5,7H2,(H2,19,26)(H,20,23)(H2,21,22,24,25). The van der Waals surface area contributed by atoms with Gasteiger partial charge in [-0.15, -0.1) is 0 Å². The van der Waals surface area contributed by atoms with Gasteiger partial charge in [0.25, 0.3) is 0 Å². The highest BCUT2D eigenvalue weighted by Gasteiger charge is 2.07. The van der Waals surface area contributed by atoms with Crippen molar-refractivity contribution in [2.24, 2.45) is 5.73 Å². The summed E-state index contributed by atoms with van der Waals surface area (Å²) < 4.78 is 0.773. The topological polar surface area (TPSA) is 122 Å². The number of H-pyrrole nitrogens is 1. The molecule has 0 aliphatic rings. The highest BCUT2D eigenvalue weighted by Crippen LogP contribution is 2.22. The van der Waals surface area contributed by atoms with Crippen molar-refractivity contribution < 1.29 is 4.79 Å². The molecule has 26 heavy (non-hydrogen) atoms. The van der Waals surface area contributed by atoms with Crippen molar-refractivity contribution in [3.05, 3.63) is 58.7 Å². The van der Waals surface area contributed by atoms with Crippen molar-refractivity contribution in [2.75, 3.05) is 17.2 Å². The fourth-order valence-electron chi connectivity index (χ4n) is 2.38. The van der Waals surface area contributed by atoms with Gasteiger partial charge < -0.3 is 21.4 Å². The van der Waals surface area contributed by atoms with Crippen LogP contribution in [-0.2, 0) is 17.6 Å². The zero-order valence-corrected chi connectivity index (χ0v) is 15.5. The number of aromatic amines is 1. The molecule has 0 bridgehead atoms. The Hall–Kier alpha value is -2.94. The molecule has 0 radical (unpaired) electrons. The summed E-state index contributed by atoms with van der Waals surface area (Å²) in [5, 5.41) is 6.41. The number of amides is 1. The number of anilines is 3. The first-order valence-corrected chi connectivity index (χ1v) is 8.77. The Morgan fingerprint density at radius 2 is 2.19 bits per heavy atom. The van der Waals surface area contributed by atoms with Crippen molar-refractivity contribution in [2.45, 2.75) is 12.8 Å². The molecule has 0 unspecified atom stereocenters. The monoisotopic (exact) mass is 415 g/mol. The molecule has 0 spiro atoms. The van der Waals surface area contributed by atoms with Gasteiger partial charge in [-0.05, 0) is 33.6 Å². The first-order chi connectivity index (χ1) is 12.6. The SMILES string of the molecule is NC(=O)Cc1cccc(Nc2ncc(Br)c(NCCc3cnc[nH]3)n2)c1. The van der Waals surface area contributed by atoms with Crippen LogP contribution in [0.4, 0.5) is 17.5 Å². The Balaban J connectivity index is 1.66. The number of benzene rings is 1. The molecule has 8 nitrogen and oxygen atoms in total. The quantitative estimate of drug-likeness (QED) is 0.448. The molecule has 2 aromatic heterocycles. The van der Waals surface area contributed by atoms with E-state index in [1.807, 2.05) is 24.3 Å². The van der Waals surface area contributed by atoms with Gasteiger partial charge in [-0.25, -0.2) is 9.97 Å². The van der Waals surface area contributed by atoms with Gasteiger partial charge in [0.1, 0.15) is 5.82 Å². The summed E-state index contributed by atoms with van der Waals surface area (Å²) in [6.45, 7) is 0.700. The molecule has 1 aromatic carbocycles. The van der Waals surface area contributed by atoms with E-state index in [9.17, 15) is 4.79 Å². The van der Waals surface area contributed by atoms with Gasteiger partial charge in [0.15, 0.2) is 0 Å².